The van der Waals surface area contributed by atoms with E-state index in [4.69, 9.17) is 0 Å². The van der Waals surface area contributed by atoms with Crippen LogP contribution in [-0.4, -0.2) is 42.8 Å². The van der Waals surface area contributed by atoms with Crippen LogP contribution in [-0.2, 0) is 17.1 Å². The molecule has 0 spiro atoms. The summed E-state index contributed by atoms with van der Waals surface area (Å²) in [6.07, 6.45) is 6.27. The van der Waals surface area contributed by atoms with E-state index >= 15 is 0 Å². The number of rotatable bonds is 5. The molecule has 2 aromatic heterocycles. The Morgan fingerprint density at radius 3 is 2.68 bits per heavy atom. The minimum absolute atomic E-state index is 0.135. The number of pyridine rings is 1. The molecule has 0 bridgehead atoms. The Kier molecular flexibility index (Phi) is 5.14. The van der Waals surface area contributed by atoms with Crippen molar-refractivity contribution < 1.29 is 8.42 Å². The molecule has 1 fully saturated rings. The highest BCUT2D eigenvalue weighted by molar-refractivity contribution is 7.89. The van der Waals surface area contributed by atoms with E-state index in [1.54, 1.807) is 31.6 Å². The highest BCUT2D eigenvalue weighted by Crippen LogP contribution is 2.21. The molecule has 1 aliphatic heterocycles. The summed E-state index contributed by atoms with van der Waals surface area (Å²) in [6.45, 7) is 1.95. The third-order valence-corrected chi connectivity index (χ3v) is 5.85. The number of nitrogens with zero attached hydrogens (tertiary/aromatic N) is 4. The first-order chi connectivity index (χ1) is 12.0. The number of hydrogen-bond acceptors (Lipinski definition) is 6. The van der Waals surface area contributed by atoms with Crippen molar-refractivity contribution in [3.05, 3.63) is 47.1 Å². The van der Waals surface area contributed by atoms with E-state index in [1.807, 2.05) is 0 Å². The predicted molar refractivity (Wildman–Crippen MR) is 93.8 cm³/mol. The van der Waals surface area contributed by atoms with Crippen LogP contribution in [0, 0.1) is 5.92 Å². The average Bonchev–Trinajstić information content (AvgIpc) is 2.64. The Morgan fingerprint density at radius 1 is 1.28 bits per heavy atom. The van der Waals surface area contributed by atoms with E-state index in [0.717, 1.165) is 31.6 Å². The van der Waals surface area contributed by atoms with Gasteiger partial charge in [-0.05, 0) is 30.9 Å². The van der Waals surface area contributed by atoms with Crippen molar-refractivity contribution in [2.24, 2.45) is 13.0 Å². The third kappa shape index (κ3) is 4.23. The lowest BCUT2D eigenvalue weighted by Gasteiger charge is -2.33. The molecule has 3 rings (SSSR count). The summed E-state index contributed by atoms with van der Waals surface area (Å²) in [6, 6.07) is 4.71. The topological polar surface area (TPSA) is 97.2 Å². The third-order valence-electron chi connectivity index (χ3n) is 4.44. The summed E-state index contributed by atoms with van der Waals surface area (Å²) in [4.78, 5) is 17.8. The van der Waals surface area contributed by atoms with Gasteiger partial charge in [0.1, 0.15) is 4.90 Å². The Labute approximate surface area is 146 Å². The van der Waals surface area contributed by atoms with Crippen LogP contribution in [0.1, 0.15) is 12.8 Å². The van der Waals surface area contributed by atoms with Gasteiger partial charge in [-0.2, -0.15) is 5.10 Å². The summed E-state index contributed by atoms with van der Waals surface area (Å²) in [7, 11) is -1.90. The molecule has 0 amide bonds. The maximum Gasteiger partial charge on any atom is 0.268 e. The van der Waals surface area contributed by atoms with Crippen molar-refractivity contribution in [2.75, 3.05) is 24.5 Å². The van der Waals surface area contributed by atoms with Crippen LogP contribution < -0.4 is 15.2 Å². The van der Waals surface area contributed by atoms with Crippen LogP contribution in [0.15, 0.2) is 46.5 Å². The van der Waals surface area contributed by atoms with Crippen LogP contribution in [0.3, 0.4) is 0 Å². The SMILES string of the molecule is Cn1ncc(N2CCC(CNS(=O)(=O)c3cccnc3)CC2)cc1=O. The molecule has 134 valence electrons. The molecule has 0 unspecified atom stereocenters. The molecule has 9 heteroatoms. The number of sulfonamides is 1. The lowest BCUT2D eigenvalue weighted by molar-refractivity contribution is 0.401. The minimum atomic E-state index is -3.52. The van der Waals surface area contributed by atoms with E-state index < -0.39 is 10.0 Å². The largest absolute Gasteiger partial charge is 0.370 e. The maximum atomic E-state index is 12.2. The molecule has 1 N–H and O–H groups in total. The second kappa shape index (κ2) is 7.32. The van der Waals surface area contributed by atoms with Gasteiger partial charge in [-0.15, -0.1) is 0 Å². The molecule has 0 radical (unpaired) electrons. The molecule has 3 heterocycles. The summed E-state index contributed by atoms with van der Waals surface area (Å²) in [5.74, 6) is 0.266. The highest BCUT2D eigenvalue weighted by atomic mass is 32.2. The first kappa shape index (κ1) is 17.6. The molecule has 1 saturated heterocycles. The molecular formula is C16H21N5O3S. The van der Waals surface area contributed by atoms with Gasteiger partial charge >= 0.3 is 0 Å². The monoisotopic (exact) mass is 363 g/mol. The number of nitrogens with one attached hydrogen (secondary N) is 1. The summed E-state index contributed by atoms with van der Waals surface area (Å²) in [5.41, 5.74) is 0.682. The van der Waals surface area contributed by atoms with Gasteiger partial charge in [0.25, 0.3) is 5.56 Å². The van der Waals surface area contributed by atoms with Crippen molar-refractivity contribution in [3.8, 4) is 0 Å². The number of anilines is 1. The van der Waals surface area contributed by atoms with Gasteiger partial charge in [-0.25, -0.2) is 17.8 Å². The molecule has 0 atom stereocenters. The Balaban J connectivity index is 1.54. The van der Waals surface area contributed by atoms with Crippen molar-refractivity contribution in [1.29, 1.82) is 0 Å². The molecule has 0 aromatic carbocycles. The normalized spacial score (nSPS) is 16.1. The Hall–Kier alpha value is -2.26. The predicted octanol–water partition coefficient (Wildman–Crippen LogP) is 0.370. The average molecular weight is 363 g/mol. The molecule has 0 aliphatic carbocycles. The lowest BCUT2D eigenvalue weighted by atomic mass is 9.97. The highest BCUT2D eigenvalue weighted by Gasteiger charge is 2.22. The van der Waals surface area contributed by atoms with Crippen LogP contribution >= 0.6 is 0 Å². The first-order valence-electron chi connectivity index (χ1n) is 8.14. The van der Waals surface area contributed by atoms with Gasteiger partial charge < -0.3 is 4.90 Å². The fourth-order valence-corrected chi connectivity index (χ4v) is 3.92. The molecule has 8 nitrogen and oxygen atoms in total. The first-order valence-corrected chi connectivity index (χ1v) is 9.62. The van der Waals surface area contributed by atoms with E-state index in [9.17, 15) is 13.2 Å². The smallest absolute Gasteiger partial charge is 0.268 e. The van der Waals surface area contributed by atoms with Crippen molar-refractivity contribution >= 4 is 15.7 Å². The molecule has 2 aromatic rings. The zero-order valence-electron chi connectivity index (χ0n) is 14.0. The second-order valence-corrected chi connectivity index (χ2v) is 7.91. The van der Waals surface area contributed by atoms with Gasteiger partial charge in [0, 0.05) is 45.1 Å². The molecule has 1 aliphatic rings. The van der Waals surface area contributed by atoms with Gasteiger partial charge in [0.2, 0.25) is 10.0 Å². The van der Waals surface area contributed by atoms with Gasteiger partial charge in [0.15, 0.2) is 0 Å². The van der Waals surface area contributed by atoms with Crippen molar-refractivity contribution in [1.82, 2.24) is 19.5 Å². The van der Waals surface area contributed by atoms with Gasteiger partial charge in [-0.1, -0.05) is 0 Å². The van der Waals surface area contributed by atoms with Gasteiger partial charge in [-0.3, -0.25) is 9.78 Å². The Morgan fingerprint density at radius 2 is 2.04 bits per heavy atom. The zero-order valence-corrected chi connectivity index (χ0v) is 14.8. The molecule has 0 saturated carbocycles. The van der Waals surface area contributed by atoms with Crippen LogP contribution in [0.2, 0.25) is 0 Å². The van der Waals surface area contributed by atoms with Crippen molar-refractivity contribution in [2.45, 2.75) is 17.7 Å². The summed E-state index contributed by atoms with van der Waals surface area (Å²) in [5, 5.41) is 4.04. The van der Waals surface area contributed by atoms with Crippen LogP contribution in [0.25, 0.3) is 0 Å². The molecule has 25 heavy (non-hydrogen) atoms. The molecular weight excluding hydrogens is 342 g/mol. The van der Waals surface area contributed by atoms with E-state index in [-0.39, 0.29) is 16.4 Å². The van der Waals surface area contributed by atoms with Gasteiger partial charge in [0.05, 0.1) is 11.9 Å². The van der Waals surface area contributed by atoms with E-state index in [0.29, 0.717) is 6.54 Å². The number of aryl methyl sites for hydroxylation is 1. The standard InChI is InChI=1S/C16H21N5O3S/c1-20-16(22)9-14(11-18-20)21-7-4-13(5-8-21)10-19-25(23,24)15-3-2-6-17-12-15/h2-3,6,9,11-13,19H,4-5,7-8,10H2,1H3. The maximum absolute atomic E-state index is 12.2. The van der Waals surface area contributed by atoms with Crippen LogP contribution in [0.5, 0.6) is 0 Å². The Bertz CT molecular complexity index is 874. The summed E-state index contributed by atoms with van der Waals surface area (Å²) >= 11 is 0. The number of piperidine rings is 1. The number of aromatic nitrogens is 3. The second-order valence-electron chi connectivity index (χ2n) is 6.15. The summed E-state index contributed by atoms with van der Waals surface area (Å²) < 4.78 is 28.4. The van der Waals surface area contributed by atoms with E-state index in [1.165, 1.54) is 16.9 Å². The fraction of sp³-hybridized carbons (Fsp3) is 0.438. The van der Waals surface area contributed by atoms with Crippen molar-refractivity contribution in [3.63, 3.8) is 0 Å². The lowest BCUT2D eigenvalue weighted by Crippen LogP contribution is -2.39. The minimum Gasteiger partial charge on any atom is -0.370 e. The quantitative estimate of drug-likeness (QED) is 0.824. The van der Waals surface area contributed by atoms with E-state index in [2.05, 4.69) is 19.7 Å². The number of hydrogen-bond donors (Lipinski definition) is 1. The van der Waals surface area contributed by atoms with Crippen LogP contribution in [0.4, 0.5) is 5.69 Å². The fourth-order valence-electron chi connectivity index (χ4n) is 2.85. The zero-order chi connectivity index (χ0) is 17.9.